The molecule has 4 N–H and O–H groups in total. The monoisotopic (exact) mass is 541 g/mol. The van der Waals surface area contributed by atoms with E-state index in [1.807, 2.05) is 31.2 Å². The van der Waals surface area contributed by atoms with Crippen molar-refractivity contribution < 1.29 is 8.42 Å². The lowest BCUT2D eigenvalue weighted by molar-refractivity contribution is 0.593. The van der Waals surface area contributed by atoms with Gasteiger partial charge < -0.3 is 5.73 Å². The quantitative estimate of drug-likeness (QED) is 0.202. The molecule has 0 aliphatic rings. The van der Waals surface area contributed by atoms with Gasteiger partial charge in [-0.2, -0.15) is 0 Å². The number of nitrogens with two attached hydrogens (primary N) is 1. The van der Waals surface area contributed by atoms with Crippen molar-refractivity contribution >= 4 is 43.2 Å². The Hall–Kier alpha value is -4.70. The Kier molecular flexibility index (Phi) is 6.80. The minimum Gasteiger partial charge on any atom is -0.384 e. The summed E-state index contributed by atoms with van der Waals surface area (Å²) in [5.41, 5.74) is 6.42. The summed E-state index contributed by atoms with van der Waals surface area (Å²) in [5, 5.41) is 9.57. The molecule has 0 unspecified atom stereocenters. The summed E-state index contributed by atoms with van der Waals surface area (Å²) in [6.07, 6.45) is 0.633. The van der Waals surface area contributed by atoms with Crippen LogP contribution in [-0.4, -0.2) is 23.4 Å². The summed E-state index contributed by atoms with van der Waals surface area (Å²) in [5.74, 6) is -0.0678. The number of nitrogens with zero attached hydrogens (tertiary/aromatic N) is 2. The van der Waals surface area contributed by atoms with E-state index >= 15 is 0 Å². The molecule has 0 atom stereocenters. The highest BCUT2D eigenvalue weighted by molar-refractivity contribution is 7.92. The second kappa shape index (κ2) is 10.2. The van der Waals surface area contributed by atoms with E-state index in [0.717, 1.165) is 10.8 Å². The molecule has 0 radical (unpaired) electrons. The first-order valence-corrected chi connectivity index (χ1v) is 13.9. The van der Waals surface area contributed by atoms with Crippen LogP contribution in [0.4, 0.5) is 5.69 Å². The molecule has 10 heteroatoms. The van der Waals surface area contributed by atoms with Crippen molar-refractivity contribution in [1.29, 1.82) is 5.41 Å². The fourth-order valence-electron chi connectivity index (χ4n) is 4.58. The molecular weight excluding hydrogens is 514 g/mol. The molecular formula is C29H27N5O4S. The summed E-state index contributed by atoms with van der Waals surface area (Å²) >= 11 is 0. The van der Waals surface area contributed by atoms with Crippen LogP contribution in [0.25, 0.3) is 21.7 Å². The van der Waals surface area contributed by atoms with Gasteiger partial charge >= 0.3 is 5.69 Å². The molecule has 0 bridgehead atoms. The van der Waals surface area contributed by atoms with Gasteiger partial charge in [0.1, 0.15) is 5.84 Å². The van der Waals surface area contributed by atoms with Crippen LogP contribution >= 0.6 is 0 Å². The van der Waals surface area contributed by atoms with Gasteiger partial charge in [0.15, 0.2) is 0 Å². The number of nitrogens with one attached hydrogen (secondary N) is 2. The molecule has 0 aliphatic heterocycles. The molecule has 0 saturated carbocycles. The van der Waals surface area contributed by atoms with Gasteiger partial charge in [0.05, 0.1) is 28.0 Å². The number of hydrogen-bond donors (Lipinski definition) is 3. The fourth-order valence-corrected chi connectivity index (χ4v) is 5.66. The summed E-state index contributed by atoms with van der Waals surface area (Å²) in [7, 11) is -3.92. The third kappa shape index (κ3) is 5.06. The Bertz CT molecular complexity index is 1960. The molecule has 0 fully saturated rings. The summed E-state index contributed by atoms with van der Waals surface area (Å²) < 4.78 is 31.6. The van der Waals surface area contributed by atoms with Crippen LogP contribution in [0.15, 0.2) is 99.4 Å². The Morgan fingerprint density at radius 2 is 1.62 bits per heavy atom. The third-order valence-corrected chi connectivity index (χ3v) is 7.94. The van der Waals surface area contributed by atoms with Gasteiger partial charge in [-0.15, -0.1) is 0 Å². The fraction of sp³-hybridized carbons (Fsp3) is 0.138. The topological polar surface area (TPSA) is 140 Å². The predicted molar refractivity (Wildman–Crippen MR) is 154 cm³/mol. The predicted octanol–water partition coefficient (Wildman–Crippen LogP) is 3.86. The molecule has 1 heterocycles. The molecule has 0 amide bonds. The molecule has 5 rings (SSSR count). The maximum Gasteiger partial charge on any atom is 0.331 e. The van der Waals surface area contributed by atoms with Gasteiger partial charge in [-0.3, -0.25) is 24.1 Å². The minimum atomic E-state index is -3.92. The highest BCUT2D eigenvalue weighted by atomic mass is 32.2. The molecule has 198 valence electrons. The zero-order valence-corrected chi connectivity index (χ0v) is 22.0. The van der Waals surface area contributed by atoms with E-state index in [2.05, 4.69) is 4.72 Å². The van der Waals surface area contributed by atoms with Crippen molar-refractivity contribution in [2.24, 2.45) is 5.73 Å². The molecule has 9 nitrogen and oxygen atoms in total. The van der Waals surface area contributed by atoms with Crippen molar-refractivity contribution in [3.05, 3.63) is 117 Å². The van der Waals surface area contributed by atoms with Crippen LogP contribution in [0.5, 0.6) is 0 Å². The molecule has 0 saturated heterocycles. The van der Waals surface area contributed by atoms with Crippen molar-refractivity contribution in [2.75, 3.05) is 4.72 Å². The number of benzene rings is 4. The molecule has 0 aliphatic carbocycles. The van der Waals surface area contributed by atoms with Gasteiger partial charge in [0, 0.05) is 12.1 Å². The number of fused-ring (bicyclic) bond motifs is 2. The van der Waals surface area contributed by atoms with E-state index in [9.17, 15) is 18.0 Å². The van der Waals surface area contributed by atoms with Crippen molar-refractivity contribution in [2.45, 2.75) is 31.3 Å². The van der Waals surface area contributed by atoms with E-state index in [1.165, 1.54) is 27.3 Å². The number of nitrogen functional groups attached to an aromatic ring is 1. The molecule has 5 aromatic rings. The maximum absolute atomic E-state index is 13.4. The number of hydrogen-bond acceptors (Lipinski definition) is 5. The second-order valence-corrected chi connectivity index (χ2v) is 11.0. The van der Waals surface area contributed by atoms with Crippen molar-refractivity contribution in [1.82, 2.24) is 9.13 Å². The van der Waals surface area contributed by atoms with E-state index in [0.29, 0.717) is 35.0 Å². The number of amidine groups is 1. The summed E-state index contributed by atoms with van der Waals surface area (Å²) in [4.78, 5) is 26.9. The van der Waals surface area contributed by atoms with E-state index in [4.69, 9.17) is 11.1 Å². The second-order valence-electron chi connectivity index (χ2n) is 9.28. The Morgan fingerprint density at radius 1 is 0.897 bits per heavy atom. The first kappa shape index (κ1) is 25.9. The minimum absolute atomic E-state index is 0.0475. The van der Waals surface area contributed by atoms with Crippen LogP contribution in [0.1, 0.15) is 24.5 Å². The maximum atomic E-state index is 13.4. The lowest BCUT2D eigenvalue weighted by Crippen LogP contribution is -2.40. The van der Waals surface area contributed by atoms with E-state index in [-0.39, 0.29) is 23.0 Å². The van der Waals surface area contributed by atoms with E-state index in [1.54, 1.807) is 42.5 Å². The van der Waals surface area contributed by atoms with Crippen molar-refractivity contribution in [3.8, 4) is 0 Å². The number of rotatable bonds is 8. The van der Waals surface area contributed by atoms with Crippen LogP contribution in [-0.2, 0) is 23.1 Å². The zero-order valence-electron chi connectivity index (χ0n) is 21.2. The zero-order chi connectivity index (χ0) is 27.7. The Balaban J connectivity index is 1.54. The highest BCUT2D eigenvalue weighted by Gasteiger charge is 2.18. The number of aryl methyl sites for hydroxylation is 1. The SMILES string of the molecule is CCCn1c(=O)n(Cc2ccc(C(=N)N)cc2)c(=O)c2ccc(NS(=O)(=O)c3ccc4ccccc4c3)cc21. The van der Waals surface area contributed by atoms with Gasteiger partial charge in [-0.05, 0) is 53.1 Å². The molecule has 1 aromatic heterocycles. The van der Waals surface area contributed by atoms with E-state index < -0.39 is 21.3 Å². The van der Waals surface area contributed by atoms with Crippen LogP contribution in [0, 0.1) is 5.41 Å². The smallest absolute Gasteiger partial charge is 0.331 e. The molecule has 39 heavy (non-hydrogen) atoms. The number of sulfonamides is 1. The van der Waals surface area contributed by atoms with Gasteiger partial charge in [0.2, 0.25) is 0 Å². The Labute approximate surface area is 224 Å². The first-order chi connectivity index (χ1) is 18.7. The average Bonchev–Trinajstić information content (AvgIpc) is 2.93. The number of anilines is 1. The van der Waals surface area contributed by atoms with Gasteiger partial charge in [-0.1, -0.05) is 61.5 Å². The third-order valence-electron chi connectivity index (χ3n) is 6.56. The van der Waals surface area contributed by atoms with Gasteiger partial charge in [-0.25, -0.2) is 13.2 Å². The lowest BCUT2D eigenvalue weighted by Gasteiger charge is -2.15. The standard InChI is InChI=1S/C29H27N5O4S/c1-2-15-33-26-17-23(32-39(37,38)24-13-11-20-5-3-4-6-22(20)16-24)12-14-25(26)28(35)34(29(33)36)18-19-7-9-21(10-8-19)27(30)31/h3-14,16-17,32H,2,15,18H2,1H3,(H3,30,31). The largest absolute Gasteiger partial charge is 0.384 e. The summed E-state index contributed by atoms with van der Waals surface area (Å²) in [6.45, 7) is 2.31. The lowest BCUT2D eigenvalue weighted by atomic mass is 10.1. The summed E-state index contributed by atoms with van der Waals surface area (Å²) in [6, 6.07) is 23.7. The van der Waals surface area contributed by atoms with Gasteiger partial charge in [0.25, 0.3) is 15.6 Å². The van der Waals surface area contributed by atoms with Crippen LogP contribution < -0.4 is 21.7 Å². The number of aromatic nitrogens is 2. The van der Waals surface area contributed by atoms with Crippen molar-refractivity contribution in [3.63, 3.8) is 0 Å². The molecule has 4 aromatic carbocycles. The van der Waals surface area contributed by atoms with Crippen LogP contribution in [0.3, 0.4) is 0 Å². The average molecular weight is 542 g/mol. The highest BCUT2D eigenvalue weighted by Crippen LogP contribution is 2.23. The molecule has 0 spiro atoms. The normalized spacial score (nSPS) is 11.6. The first-order valence-electron chi connectivity index (χ1n) is 12.4. The Morgan fingerprint density at radius 3 is 2.31 bits per heavy atom. The van der Waals surface area contributed by atoms with Crippen LogP contribution in [0.2, 0.25) is 0 Å².